The topological polar surface area (TPSA) is 62.2 Å². The van der Waals surface area contributed by atoms with Crippen LogP contribution in [0.15, 0.2) is 6.20 Å². The average molecular weight is 235 g/mol. The predicted molar refractivity (Wildman–Crippen MR) is 64.1 cm³/mol. The second-order valence-electron chi connectivity index (χ2n) is 4.45. The summed E-state index contributed by atoms with van der Waals surface area (Å²) in [6.07, 6.45) is 2.76. The molecular formula is C11H17N5O. The summed E-state index contributed by atoms with van der Waals surface area (Å²) in [5.74, 6) is 0.988. The summed E-state index contributed by atoms with van der Waals surface area (Å²) in [6, 6.07) is 0. The van der Waals surface area contributed by atoms with Crippen LogP contribution in [0.1, 0.15) is 16.8 Å². The summed E-state index contributed by atoms with van der Waals surface area (Å²) < 4.78 is 1.89. The maximum Gasteiger partial charge on any atom is 0.259 e. The van der Waals surface area contributed by atoms with E-state index in [0.717, 1.165) is 51.5 Å². The summed E-state index contributed by atoms with van der Waals surface area (Å²) in [5.41, 5.74) is 0.714. The number of piperazine rings is 1. The van der Waals surface area contributed by atoms with Crippen molar-refractivity contribution in [3.05, 3.63) is 11.8 Å². The van der Waals surface area contributed by atoms with Crippen molar-refractivity contribution in [3.8, 4) is 0 Å². The minimum absolute atomic E-state index is 0.0992. The molecule has 0 saturated carbocycles. The lowest BCUT2D eigenvalue weighted by molar-refractivity contribution is 0.0736. The van der Waals surface area contributed by atoms with E-state index in [0.29, 0.717) is 5.56 Å². The molecule has 6 nitrogen and oxygen atoms in total. The molecule has 0 bridgehead atoms. The molecule has 6 heteroatoms. The Kier molecular flexibility index (Phi) is 2.72. The molecule has 0 spiro atoms. The molecule has 2 N–H and O–H groups in total. The summed E-state index contributed by atoms with van der Waals surface area (Å²) in [7, 11) is 0. The second kappa shape index (κ2) is 4.37. The molecule has 2 aliphatic heterocycles. The van der Waals surface area contributed by atoms with Crippen molar-refractivity contribution in [2.45, 2.75) is 13.0 Å². The van der Waals surface area contributed by atoms with Gasteiger partial charge in [-0.2, -0.15) is 5.10 Å². The fourth-order valence-electron chi connectivity index (χ4n) is 2.37. The number of carbonyl (C=O) groups is 1. The Morgan fingerprint density at radius 1 is 1.24 bits per heavy atom. The van der Waals surface area contributed by atoms with Crippen LogP contribution >= 0.6 is 0 Å². The molecule has 3 heterocycles. The van der Waals surface area contributed by atoms with Crippen LogP contribution in [-0.2, 0) is 6.54 Å². The molecule has 0 radical (unpaired) electrons. The van der Waals surface area contributed by atoms with Crippen molar-refractivity contribution < 1.29 is 4.79 Å². The van der Waals surface area contributed by atoms with Gasteiger partial charge in [0.2, 0.25) is 0 Å². The SMILES string of the molecule is O=C(c1cnn2c1NCCC2)N1CCNCC1. The molecule has 0 atom stereocenters. The molecule has 1 fully saturated rings. The second-order valence-corrected chi connectivity index (χ2v) is 4.45. The standard InChI is InChI=1S/C11H17N5O/c17-11(15-6-3-12-4-7-15)9-8-14-16-5-1-2-13-10(9)16/h8,12-13H,1-7H2. The number of fused-ring (bicyclic) bond motifs is 1. The molecule has 1 aromatic rings. The maximum absolute atomic E-state index is 12.3. The summed E-state index contributed by atoms with van der Waals surface area (Å²) in [4.78, 5) is 14.2. The van der Waals surface area contributed by atoms with Gasteiger partial charge in [0.25, 0.3) is 5.91 Å². The monoisotopic (exact) mass is 235 g/mol. The highest BCUT2D eigenvalue weighted by molar-refractivity contribution is 5.98. The highest BCUT2D eigenvalue weighted by atomic mass is 16.2. The number of hydrogen-bond donors (Lipinski definition) is 2. The Morgan fingerprint density at radius 3 is 2.88 bits per heavy atom. The first-order chi connectivity index (χ1) is 8.36. The smallest absolute Gasteiger partial charge is 0.259 e. The molecule has 1 aromatic heterocycles. The molecule has 3 rings (SSSR count). The Hall–Kier alpha value is -1.56. The van der Waals surface area contributed by atoms with Gasteiger partial charge >= 0.3 is 0 Å². The van der Waals surface area contributed by atoms with Gasteiger partial charge in [-0.15, -0.1) is 0 Å². The molecular weight excluding hydrogens is 218 g/mol. The van der Waals surface area contributed by atoms with Gasteiger partial charge in [0.1, 0.15) is 11.4 Å². The minimum atomic E-state index is 0.0992. The number of anilines is 1. The van der Waals surface area contributed by atoms with E-state index < -0.39 is 0 Å². The normalized spacial score (nSPS) is 19.6. The van der Waals surface area contributed by atoms with Gasteiger partial charge < -0.3 is 15.5 Å². The molecule has 1 amide bonds. The number of hydrogen-bond acceptors (Lipinski definition) is 4. The summed E-state index contributed by atoms with van der Waals surface area (Å²) in [5, 5.41) is 10.8. The summed E-state index contributed by atoms with van der Waals surface area (Å²) in [6.45, 7) is 5.14. The fraction of sp³-hybridized carbons (Fsp3) is 0.636. The van der Waals surface area contributed by atoms with Crippen molar-refractivity contribution in [2.24, 2.45) is 0 Å². The van der Waals surface area contributed by atoms with Gasteiger partial charge in [-0.05, 0) is 6.42 Å². The lowest BCUT2D eigenvalue weighted by Crippen LogP contribution is -2.46. The van der Waals surface area contributed by atoms with Crippen molar-refractivity contribution >= 4 is 11.7 Å². The maximum atomic E-state index is 12.3. The van der Waals surface area contributed by atoms with Crippen molar-refractivity contribution in [1.82, 2.24) is 20.0 Å². The largest absolute Gasteiger partial charge is 0.370 e. The zero-order chi connectivity index (χ0) is 11.7. The molecule has 0 unspecified atom stereocenters. The van der Waals surface area contributed by atoms with E-state index in [4.69, 9.17) is 0 Å². The zero-order valence-electron chi connectivity index (χ0n) is 9.78. The van der Waals surface area contributed by atoms with Gasteiger partial charge in [-0.25, -0.2) is 4.68 Å². The Labute approximate surface area is 100.0 Å². The van der Waals surface area contributed by atoms with Gasteiger partial charge in [0.15, 0.2) is 0 Å². The average Bonchev–Trinajstić information content (AvgIpc) is 2.83. The van der Waals surface area contributed by atoms with E-state index in [1.807, 2.05) is 9.58 Å². The highest BCUT2D eigenvalue weighted by Gasteiger charge is 2.24. The van der Waals surface area contributed by atoms with Crippen LogP contribution in [0.4, 0.5) is 5.82 Å². The Bertz CT molecular complexity index is 421. The number of amides is 1. The van der Waals surface area contributed by atoms with Crippen LogP contribution in [0.25, 0.3) is 0 Å². The fourth-order valence-corrected chi connectivity index (χ4v) is 2.37. The number of aryl methyl sites for hydroxylation is 1. The van der Waals surface area contributed by atoms with Crippen molar-refractivity contribution in [3.63, 3.8) is 0 Å². The number of nitrogens with zero attached hydrogens (tertiary/aromatic N) is 3. The van der Waals surface area contributed by atoms with Crippen LogP contribution in [-0.4, -0.2) is 53.3 Å². The third-order valence-electron chi connectivity index (χ3n) is 3.31. The number of aromatic nitrogens is 2. The van der Waals surface area contributed by atoms with Gasteiger partial charge in [-0.1, -0.05) is 0 Å². The van der Waals surface area contributed by atoms with E-state index in [-0.39, 0.29) is 5.91 Å². The van der Waals surface area contributed by atoms with Gasteiger partial charge in [-0.3, -0.25) is 4.79 Å². The molecule has 1 saturated heterocycles. The minimum Gasteiger partial charge on any atom is -0.370 e. The van der Waals surface area contributed by atoms with E-state index in [1.54, 1.807) is 6.20 Å². The lowest BCUT2D eigenvalue weighted by atomic mass is 10.2. The van der Waals surface area contributed by atoms with Crippen LogP contribution in [0.3, 0.4) is 0 Å². The first-order valence-corrected chi connectivity index (χ1v) is 6.16. The predicted octanol–water partition coefficient (Wildman–Crippen LogP) is -0.256. The van der Waals surface area contributed by atoms with Crippen LogP contribution in [0.2, 0.25) is 0 Å². The third-order valence-corrected chi connectivity index (χ3v) is 3.31. The van der Waals surface area contributed by atoms with E-state index in [9.17, 15) is 4.79 Å². The van der Waals surface area contributed by atoms with Crippen LogP contribution in [0, 0.1) is 0 Å². The number of carbonyl (C=O) groups excluding carboxylic acids is 1. The molecule has 92 valence electrons. The Morgan fingerprint density at radius 2 is 2.06 bits per heavy atom. The number of rotatable bonds is 1. The first kappa shape index (κ1) is 10.6. The molecule has 2 aliphatic rings. The number of nitrogens with one attached hydrogen (secondary N) is 2. The Balaban J connectivity index is 1.83. The zero-order valence-corrected chi connectivity index (χ0v) is 9.78. The lowest BCUT2D eigenvalue weighted by Gasteiger charge is -2.27. The summed E-state index contributed by atoms with van der Waals surface area (Å²) >= 11 is 0. The van der Waals surface area contributed by atoms with E-state index in [1.165, 1.54) is 0 Å². The third kappa shape index (κ3) is 1.88. The van der Waals surface area contributed by atoms with Gasteiger partial charge in [0.05, 0.1) is 6.20 Å². The van der Waals surface area contributed by atoms with Crippen LogP contribution < -0.4 is 10.6 Å². The molecule has 0 aliphatic carbocycles. The quantitative estimate of drug-likeness (QED) is 0.704. The molecule has 17 heavy (non-hydrogen) atoms. The van der Waals surface area contributed by atoms with E-state index >= 15 is 0 Å². The highest BCUT2D eigenvalue weighted by Crippen LogP contribution is 2.20. The van der Waals surface area contributed by atoms with Gasteiger partial charge in [0, 0.05) is 39.3 Å². The first-order valence-electron chi connectivity index (χ1n) is 6.16. The van der Waals surface area contributed by atoms with Crippen molar-refractivity contribution in [1.29, 1.82) is 0 Å². The van der Waals surface area contributed by atoms with E-state index in [2.05, 4.69) is 15.7 Å². The molecule has 0 aromatic carbocycles. The van der Waals surface area contributed by atoms with Crippen LogP contribution in [0.5, 0.6) is 0 Å². The van der Waals surface area contributed by atoms with Crippen molar-refractivity contribution in [2.75, 3.05) is 38.0 Å².